The topological polar surface area (TPSA) is 112 Å². The van der Waals surface area contributed by atoms with Gasteiger partial charge in [0.15, 0.2) is 12.6 Å². The molecule has 5 aliphatic rings. The lowest BCUT2D eigenvalue weighted by molar-refractivity contribution is 0.00537. The number of terminal acetylenes is 1. The molecule has 2 aromatic carbocycles. The second-order valence-electron chi connectivity index (χ2n) is 16.3. The minimum atomic E-state index is -0.944. The first-order valence-electron chi connectivity index (χ1n) is 19.0. The quantitative estimate of drug-likeness (QED) is 0.158. The Kier molecular flexibility index (Phi) is 8.65. The number of fused-ring (bicyclic) bond motifs is 7. The van der Waals surface area contributed by atoms with Crippen molar-refractivity contribution in [2.24, 2.45) is 0 Å². The van der Waals surface area contributed by atoms with Gasteiger partial charge in [-0.25, -0.2) is 18.6 Å². The highest BCUT2D eigenvalue weighted by Crippen LogP contribution is 2.47. The van der Waals surface area contributed by atoms with Gasteiger partial charge in [-0.1, -0.05) is 18.1 Å². The molecule has 12 nitrogen and oxygen atoms in total. The third kappa shape index (κ3) is 6.03. The van der Waals surface area contributed by atoms with Gasteiger partial charge >= 0.3 is 12.1 Å². The van der Waals surface area contributed by atoms with E-state index in [0.29, 0.717) is 53.0 Å². The van der Waals surface area contributed by atoms with Crippen molar-refractivity contribution in [2.45, 2.75) is 88.3 Å². The molecule has 5 atom stereocenters. The maximum absolute atomic E-state index is 17.5. The molecule has 5 unspecified atom stereocenters. The molecule has 0 aliphatic carbocycles. The molecule has 288 valence electrons. The number of benzene rings is 2. The van der Waals surface area contributed by atoms with Crippen LogP contribution >= 0.6 is 0 Å². The van der Waals surface area contributed by atoms with Crippen LogP contribution in [-0.4, -0.2) is 113 Å². The molecular weight excluding hydrogens is 710 g/mol. The second kappa shape index (κ2) is 13.3. The zero-order chi connectivity index (χ0) is 38.2. The summed E-state index contributed by atoms with van der Waals surface area (Å²) >= 11 is 0. The summed E-state index contributed by atoms with van der Waals surface area (Å²) in [5.41, 5.74) is -0.287. The van der Waals surface area contributed by atoms with Crippen LogP contribution in [-0.2, 0) is 9.47 Å². The first kappa shape index (κ1) is 35.7. The smallest absolute Gasteiger partial charge is 0.410 e. The Labute approximate surface area is 318 Å². The monoisotopic (exact) mass is 754 g/mol. The minimum absolute atomic E-state index is 0.0260. The molecule has 2 aromatic heterocycles. The van der Waals surface area contributed by atoms with Crippen LogP contribution in [0.25, 0.3) is 32.9 Å². The average molecular weight is 755 g/mol. The molecule has 55 heavy (non-hydrogen) atoms. The molecule has 14 heteroatoms. The largest absolute Gasteiger partial charge is 0.475 e. The molecule has 5 aliphatic heterocycles. The van der Waals surface area contributed by atoms with E-state index < -0.39 is 23.1 Å². The van der Waals surface area contributed by atoms with Crippen LogP contribution in [0.4, 0.5) is 19.4 Å². The molecule has 7 heterocycles. The van der Waals surface area contributed by atoms with Crippen molar-refractivity contribution in [2.75, 3.05) is 51.7 Å². The van der Waals surface area contributed by atoms with Gasteiger partial charge in [-0.05, 0) is 76.6 Å². The highest BCUT2D eigenvalue weighted by Gasteiger charge is 2.52. The summed E-state index contributed by atoms with van der Waals surface area (Å²) < 4.78 is 62.1. The SMILES string of the molecule is C#Cc1cccc2cc(OCOC)cc(-c3nc4c5c(nc(OCC67CCCN6CC(F)C7)nc5c3F)N3CC5CCC(C3CO4)N5C(=O)OC(C)(C)C)c12. The van der Waals surface area contributed by atoms with Crippen LogP contribution in [0.15, 0.2) is 30.3 Å². The molecule has 1 amide bonds. The van der Waals surface area contributed by atoms with Crippen LogP contribution in [0.3, 0.4) is 0 Å². The summed E-state index contributed by atoms with van der Waals surface area (Å²) in [6.45, 7) is 7.40. The van der Waals surface area contributed by atoms with Gasteiger partial charge in [-0.2, -0.15) is 9.97 Å². The number of hydrogen-bond acceptors (Lipinski definition) is 11. The standard InChI is InChI=1S/C41H44F2N6O6/c1-6-23-9-7-10-24-15-27(54-22-51-5)16-28(31(23)24)34-33(43)35-32-36(46-38(45-35)53-21-41-13-8-14-47(41)18-25(42)17-41)48-19-26-11-12-29(30(48)20-52-37(32)44-34)49(26)39(50)55-40(2,3)4/h1,7,9-10,15-16,25-26,29-30H,8,11-14,17-22H2,2-5H3. The fourth-order valence-corrected chi connectivity index (χ4v) is 9.47. The number of methoxy groups -OCH3 is 1. The lowest BCUT2D eigenvalue weighted by Crippen LogP contribution is -2.63. The average Bonchev–Trinajstić information content (AvgIpc) is 3.76. The lowest BCUT2D eigenvalue weighted by atomic mass is 9.95. The van der Waals surface area contributed by atoms with E-state index in [1.165, 1.54) is 7.11 Å². The number of rotatable bonds is 7. The highest BCUT2D eigenvalue weighted by molar-refractivity contribution is 6.04. The molecule has 4 fully saturated rings. The third-order valence-corrected chi connectivity index (χ3v) is 11.7. The van der Waals surface area contributed by atoms with Gasteiger partial charge in [-0.3, -0.25) is 9.80 Å². The number of carbonyl (C=O) groups excluding carboxylic acids is 1. The zero-order valence-electron chi connectivity index (χ0n) is 31.4. The summed E-state index contributed by atoms with van der Waals surface area (Å²) in [5.74, 6) is 3.01. The number of anilines is 1. The van der Waals surface area contributed by atoms with E-state index in [2.05, 4.69) is 15.7 Å². The number of carbonyl (C=O) groups is 1. The Bertz CT molecular complexity index is 2240. The van der Waals surface area contributed by atoms with Crippen LogP contribution in [0.5, 0.6) is 17.6 Å². The van der Waals surface area contributed by atoms with Crippen LogP contribution in [0.2, 0.25) is 0 Å². The number of pyridine rings is 1. The van der Waals surface area contributed by atoms with Crippen molar-refractivity contribution < 1.29 is 37.3 Å². The van der Waals surface area contributed by atoms with Crippen molar-refractivity contribution >= 4 is 33.6 Å². The predicted octanol–water partition coefficient (Wildman–Crippen LogP) is 6.25. The Morgan fingerprint density at radius 3 is 2.76 bits per heavy atom. The van der Waals surface area contributed by atoms with E-state index in [-0.39, 0.29) is 67.3 Å². The number of aromatic nitrogens is 3. The van der Waals surface area contributed by atoms with Gasteiger partial charge in [0.25, 0.3) is 0 Å². The molecule has 0 saturated carbocycles. The van der Waals surface area contributed by atoms with Gasteiger partial charge in [-0.15, -0.1) is 6.42 Å². The fourth-order valence-electron chi connectivity index (χ4n) is 9.47. The third-order valence-electron chi connectivity index (χ3n) is 11.7. The van der Waals surface area contributed by atoms with E-state index in [9.17, 15) is 9.18 Å². The molecule has 0 spiro atoms. The Hall–Kier alpha value is -5.00. The summed E-state index contributed by atoms with van der Waals surface area (Å²) in [6, 6.07) is 8.18. The number of amides is 1. The number of hydrogen-bond donors (Lipinski definition) is 0. The number of halogens is 2. The number of alkyl halides is 1. The summed E-state index contributed by atoms with van der Waals surface area (Å²) in [7, 11) is 1.52. The summed E-state index contributed by atoms with van der Waals surface area (Å²) in [4.78, 5) is 34.2. The van der Waals surface area contributed by atoms with Gasteiger partial charge < -0.3 is 28.6 Å². The van der Waals surface area contributed by atoms with E-state index in [0.717, 1.165) is 37.6 Å². The van der Waals surface area contributed by atoms with Crippen LogP contribution in [0, 0.1) is 18.2 Å². The van der Waals surface area contributed by atoms with E-state index in [1.54, 1.807) is 12.1 Å². The highest BCUT2D eigenvalue weighted by atomic mass is 19.1. The predicted molar refractivity (Wildman–Crippen MR) is 201 cm³/mol. The Morgan fingerprint density at radius 1 is 1.11 bits per heavy atom. The maximum Gasteiger partial charge on any atom is 0.410 e. The molecule has 4 aromatic rings. The van der Waals surface area contributed by atoms with Crippen molar-refractivity contribution in [3.63, 3.8) is 0 Å². The van der Waals surface area contributed by atoms with E-state index in [4.69, 9.17) is 45.1 Å². The van der Waals surface area contributed by atoms with Crippen molar-refractivity contribution in [3.8, 4) is 41.2 Å². The molecule has 2 bridgehead atoms. The molecular formula is C41H44F2N6O6. The Balaban J connectivity index is 1.20. The van der Waals surface area contributed by atoms with Gasteiger partial charge in [0.05, 0.1) is 23.7 Å². The van der Waals surface area contributed by atoms with Crippen LogP contribution in [0.1, 0.15) is 58.4 Å². The van der Waals surface area contributed by atoms with E-state index >= 15 is 4.39 Å². The first-order valence-corrected chi connectivity index (χ1v) is 19.0. The van der Waals surface area contributed by atoms with Gasteiger partial charge in [0, 0.05) is 43.1 Å². The first-order chi connectivity index (χ1) is 26.5. The summed E-state index contributed by atoms with van der Waals surface area (Å²) in [6.07, 6.45) is 8.25. The maximum atomic E-state index is 17.5. The lowest BCUT2D eigenvalue weighted by Gasteiger charge is -2.46. The molecule has 4 saturated heterocycles. The van der Waals surface area contributed by atoms with Crippen molar-refractivity contribution in [1.82, 2.24) is 24.8 Å². The molecule has 0 radical (unpaired) electrons. The van der Waals surface area contributed by atoms with Gasteiger partial charge in [0.1, 0.15) is 53.2 Å². The van der Waals surface area contributed by atoms with Crippen molar-refractivity contribution in [1.29, 1.82) is 0 Å². The summed E-state index contributed by atoms with van der Waals surface area (Å²) in [5, 5.41) is 1.63. The second-order valence-corrected chi connectivity index (χ2v) is 16.3. The number of nitrogens with zero attached hydrogens (tertiary/aromatic N) is 6. The van der Waals surface area contributed by atoms with E-state index in [1.807, 2.05) is 43.9 Å². The molecule has 0 N–H and O–H groups in total. The minimum Gasteiger partial charge on any atom is -0.475 e. The van der Waals surface area contributed by atoms with Crippen molar-refractivity contribution in [3.05, 3.63) is 41.7 Å². The van der Waals surface area contributed by atoms with Gasteiger partial charge in [0.2, 0.25) is 5.88 Å². The number of piperazine rings is 1. The fraction of sp³-hybridized carbons (Fsp3) is 0.512. The zero-order valence-corrected chi connectivity index (χ0v) is 31.4. The molecule has 9 rings (SSSR count). The van der Waals surface area contributed by atoms with Crippen LogP contribution < -0.4 is 19.1 Å². The normalized spacial score (nSPS) is 25.7. The number of ether oxygens (including phenoxy) is 5. The Morgan fingerprint density at radius 2 is 1.96 bits per heavy atom.